The maximum Gasteiger partial charge on any atom is 0.323 e. The van der Waals surface area contributed by atoms with Crippen molar-refractivity contribution in [3.63, 3.8) is 0 Å². The fourth-order valence-electron chi connectivity index (χ4n) is 1.90. The van der Waals surface area contributed by atoms with Gasteiger partial charge in [0.1, 0.15) is 0 Å². The largest absolute Gasteiger partial charge is 0.464 e. The summed E-state index contributed by atoms with van der Waals surface area (Å²) >= 11 is 0. The van der Waals surface area contributed by atoms with Crippen LogP contribution in [0.5, 0.6) is 6.01 Å². The highest BCUT2D eigenvalue weighted by molar-refractivity contribution is 5.35. The molecule has 1 saturated heterocycles. The molecule has 2 heterocycles. The van der Waals surface area contributed by atoms with Crippen LogP contribution in [-0.2, 0) is 4.74 Å². The molecule has 1 aliphatic rings. The predicted molar refractivity (Wildman–Crippen MR) is 67.7 cm³/mol. The summed E-state index contributed by atoms with van der Waals surface area (Å²) in [5, 5.41) is 0. The molecule has 0 bridgehead atoms. The zero-order valence-electron chi connectivity index (χ0n) is 10.8. The van der Waals surface area contributed by atoms with Gasteiger partial charge in [0, 0.05) is 20.2 Å². The molecule has 0 radical (unpaired) electrons. The van der Waals surface area contributed by atoms with Gasteiger partial charge in [-0.1, -0.05) is 0 Å². The molecule has 0 spiro atoms. The fraction of sp³-hybridized carbons (Fsp3) is 0.727. The van der Waals surface area contributed by atoms with Crippen LogP contribution in [-0.4, -0.2) is 47.9 Å². The Morgan fingerprint density at radius 3 is 2.94 bits per heavy atom. The minimum atomic E-state index is 0.169. The highest BCUT2D eigenvalue weighted by Gasteiger charge is 2.19. The number of ether oxygens (including phenoxy) is 2. The van der Waals surface area contributed by atoms with Gasteiger partial charge in [-0.2, -0.15) is 15.0 Å². The van der Waals surface area contributed by atoms with E-state index in [-0.39, 0.29) is 18.1 Å². The van der Waals surface area contributed by atoms with Crippen LogP contribution >= 0.6 is 0 Å². The van der Waals surface area contributed by atoms with Gasteiger partial charge in [-0.25, -0.2) is 0 Å². The van der Waals surface area contributed by atoms with Gasteiger partial charge in [0.15, 0.2) is 0 Å². The minimum absolute atomic E-state index is 0.169. The first kappa shape index (κ1) is 12.8. The van der Waals surface area contributed by atoms with Crippen LogP contribution in [0.25, 0.3) is 0 Å². The summed E-state index contributed by atoms with van der Waals surface area (Å²) in [5.74, 6) is 0.684. The van der Waals surface area contributed by atoms with E-state index in [1.54, 1.807) is 0 Å². The van der Waals surface area contributed by atoms with Gasteiger partial charge in [0.25, 0.3) is 0 Å². The molecule has 2 N–H and O–H groups in total. The van der Waals surface area contributed by atoms with E-state index in [9.17, 15) is 0 Å². The van der Waals surface area contributed by atoms with Crippen LogP contribution in [0, 0.1) is 0 Å². The molecule has 2 rings (SSSR count). The molecule has 0 amide bonds. The number of hydrogen-bond donors (Lipinski definition) is 1. The Kier molecular flexibility index (Phi) is 4.14. The van der Waals surface area contributed by atoms with Gasteiger partial charge in [0.05, 0.1) is 12.7 Å². The summed E-state index contributed by atoms with van der Waals surface area (Å²) in [5.41, 5.74) is 5.64. The molecular formula is C11H19N5O2. The van der Waals surface area contributed by atoms with Gasteiger partial charge < -0.3 is 20.1 Å². The molecule has 1 aromatic heterocycles. The topological polar surface area (TPSA) is 86.4 Å². The molecule has 100 valence electrons. The number of nitrogens with zero attached hydrogens (tertiary/aromatic N) is 4. The van der Waals surface area contributed by atoms with Gasteiger partial charge in [-0.3, -0.25) is 0 Å². The molecule has 0 aromatic carbocycles. The summed E-state index contributed by atoms with van der Waals surface area (Å²) in [6.45, 7) is 3.95. The lowest BCUT2D eigenvalue weighted by molar-refractivity contribution is 0.116. The molecule has 18 heavy (non-hydrogen) atoms. The van der Waals surface area contributed by atoms with Crippen LogP contribution < -0.4 is 15.4 Å². The third kappa shape index (κ3) is 3.19. The van der Waals surface area contributed by atoms with Crippen LogP contribution in [0.4, 0.5) is 11.9 Å². The van der Waals surface area contributed by atoms with Crippen molar-refractivity contribution < 1.29 is 9.47 Å². The van der Waals surface area contributed by atoms with Crippen molar-refractivity contribution in [2.75, 3.05) is 37.4 Å². The molecule has 1 aromatic rings. The summed E-state index contributed by atoms with van der Waals surface area (Å²) in [4.78, 5) is 14.1. The number of aromatic nitrogens is 3. The van der Waals surface area contributed by atoms with Crippen molar-refractivity contribution in [1.29, 1.82) is 0 Å². The quantitative estimate of drug-likeness (QED) is 0.816. The van der Waals surface area contributed by atoms with E-state index in [1.807, 2.05) is 18.9 Å². The second-order valence-corrected chi connectivity index (χ2v) is 4.22. The van der Waals surface area contributed by atoms with E-state index in [4.69, 9.17) is 15.2 Å². The van der Waals surface area contributed by atoms with Gasteiger partial charge >= 0.3 is 6.01 Å². The molecule has 1 atom stereocenters. The SMILES string of the molecule is CCOc1nc(N)nc(N(C)CC2CCCO2)n1. The van der Waals surface area contributed by atoms with Crippen molar-refractivity contribution in [3.05, 3.63) is 0 Å². The Bertz CT molecular complexity index is 395. The Morgan fingerprint density at radius 2 is 2.28 bits per heavy atom. The second-order valence-electron chi connectivity index (χ2n) is 4.22. The lowest BCUT2D eigenvalue weighted by atomic mass is 10.2. The Labute approximate surface area is 106 Å². The average molecular weight is 253 g/mol. The van der Waals surface area contributed by atoms with Gasteiger partial charge in [0.2, 0.25) is 11.9 Å². The zero-order chi connectivity index (χ0) is 13.0. The van der Waals surface area contributed by atoms with E-state index < -0.39 is 0 Å². The number of likely N-dealkylation sites (N-methyl/N-ethyl adjacent to an activating group) is 1. The summed E-state index contributed by atoms with van der Waals surface area (Å²) in [6.07, 6.45) is 2.43. The minimum Gasteiger partial charge on any atom is -0.464 e. The third-order valence-corrected chi connectivity index (χ3v) is 2.74. The van der Waals surface area contributed by atoms with E-state index in [0.717, 1.165) is 26.0 Å². The predicted octanol–water partition coefficient (Wildman–Crippen LogP) is 0.468. The van der Waals surface area contributed by atoms with Crippen LogP contribution in [0.1, 0.15) is 19.8 Å². The number of nitrogens with two attached hydrogens (primary N) is 1. The third-order valence-electron chi connectivity index (χ3n) is 2.74. The molecule has 7 nitrogen and oxygen atoms in total. The maximum atomic E-state index is 5.64. The average Bonchev–Trinajstić information content (AvgIpc) is 2.81. The standard InChI is InChI=1S/C11H19N5O2/c1-3-17-11-14-9(12)13-10(15-11)16(2)7-8-5-4-6-18-8/h8H,3-7H2,1-2H3,(H2,12,13,14,15). The summed E-state index contributed by atoms with van der Waals surface area (Å²) < 4.78 is 10.8. The Balaban J connectivity index is 2.05. The fourth-order valence-corrected chi connectivity index (χ4v) is 1.90. The lowest BCUT2D eigenvalue weighted by Gasteiger charge is -2.20. The molecule has 1 aliphatic heterocycles. The smallest absolute Gasteiger partial charge is 0.323 e. The molecular weight excluding hydrogens is 234 g/mol. The molecule has 7 heteroatoms. The van der Waals surface area contributed by atoms with Crippen LogP contribution in [0.3, 0.4) is 0 Å². The summed E-state index contributed by atoms with van der Waals surface area (Å²) in [6, 6.07) is 0.263. The van der Waals surface area contributed by atoms with Crippen LogP contribution in [0.15, 0.2) is 0 Å². The van der Waals surface area contributed by atoms with Crippen molar-refractivity contribution in [1.82, 2.24) is 15.0 Å². The Morgan fingerprint density at radius 1 is 1.44 bits per heavy atom. The van der Waals surface area contributed by atoms with Gasteiger partial charge in [-0.15, -0.1) is 0 Å². The van der Waals surface area contributed by atoms with Crippen molar-refractivity contribution in [2.24, 2.45) is 0 Å². The number of nitrogen functional groups attached to an aromatic ring is 1. The molecule has 0 saturated carbocycles. The molecule has 0 aliphatic carbocycles. The zero-order valence-corrected chi connectivity index (χ0v) is 10.8. The first-order valence-corrected chi connectivity index (χ1v) is 6.16. The first-order chi connectivity index (χ1) is 8.69. The second kappa shape index (κ2) is 5.81. The number of anilines is 2. The number of hydrogen-bond acceptors (Lipinski definition) is 7. The Hall–Kier alpha value is -1.63. The van der Waals surface area contributed by atoms with Crippen molar-refractivity contribution in [3.8, 4) is 6.01 Å². The molecule has 1 fully saturated rings. The highest BCUT2D eigenvalue weighted by atomic mass is 16.5. The molecule has 1 unspecified atom stereocenters. The lowest BCUT2D eigenvalue weighted by Crippen LogP contribution is -2.30. The van der Waals surface area contributed by atoms with Gasteiger partial charge in [-0.05, 0) is 19.8 Å². The highest BCUT2D eigenvalue weighted by Crippen LogP contribution is 2.17. The summed E-state index contributed by atoms with van der Waals surface area (Å²) in [7, 11) is 1.91. The van der Waals surface area contributed by atoms with Crippen molar-refractivity contribution >= 4 is 11.9 Å². The monoisotopic (exact) mass is 253 g/mol. The van der Waals surface area contributed by atoms with E-state index in [2.05, 4.69) is 15.0 Å². The maximum absolute atomic E-state index is 5.64. The van der Waals surface area contributed by atoms with E-state index in [1.165, 1.54) is 0 Å². The van der Waals surface area contributed by atoms with Crippen molar-refractivity contribution in [2.45, 2.75) is 25.9 Å². The normalized spacial score (nSPS) is 18.9. The first-order valence-electron chi connectivity index (χ1n) is 6.16. The van der Waals surface area contributed by atoms with E-state index >= 15 is 0 Å². The van der Waals surface area contributed by atoms with Crippen LogP contribution in [0.2, 0.25) is 0 Å². The van der Waals surface area contributed by atoms with E-state index in [0.29, 0.717) is 12.6 Å². The number of rotatable bonds is 5.